The van der Waals surface area contributed by atoms with Crippen molar-refractivity contribution in [3.63, 3.8) is 0 Å². The largest absolute Gasteiger partial charge is 0.295 e. The Morgan fingerprint density at radius 1 is 1.19 bits per heavy atom. The normalized spacial score (nSPS) is 25.3. The third-order valence-electron chi connectivity index (χ3n) is 3.92. The van der Waals surface area contributed by atoms with Gasteiger partial charge in [0.1, 0.15) is 0 Å². The number of allylic oxidation sites excluding steroid dienone is 1. The van der Waals surface area contributed by atoms with Crippen LogP contribution >= 0.6 is 0 Å². The molecule has 0 aromatic rings. The van der Waals surface area contributed by atoms with Crippen LogP contribution in [0.5, 0.6) is 0 Å². The van der Waals surface area contributed by atoms with Crippen LogP contribution < -0.4 is 0 Å². The molecule has 0 N–H and O–H groups in total. The number of carbonyl (C=O) groups excluding carboxylic acids is 1. The summed E-state index contributed by atoms with van der Waals surface area (Å²) in [5.74, 6) is 1.46. The SMILES string of the molecule is C=CC(=O)C1CCC(CCCCCC)CC1. The summed E-state index contributed by atoms with van der Waals surface area (Å²) in [6.45, 7) is 5.83. The first kappa shape index (κ1) is 13.5. The molecule has 92 valence electrons. The van der Waals surface area contributed by atoms with E-state index in [9.17, 15) is 4.79 Å². The van der Waals surface area contributed by atoms with Gasteiger partial charge in [0, 0.05) is 5.92 Å². The fourth-order valence-corrected chi connectivity index (χ4v) is 2.76. The zero-order chi connectivity index (χ0) is 11.8. The molecule has 1 heteroatoms. The molecule has 0 bridgehead atoms. The molecule has 1 saturated carbocycles. The van der Waals surface area contributed by atoms with Gasteiger partial charge in [-0.25, -0.2) is 0 Å². The van der Waals surface area contributed by atoms with Crippen molar-refractivity contribution in [2.75, 3.05) is 0 Å². The smallest absolute Gasteiger partial charge is 0.158 e. The third kappa shape index (κ3) is 4.51. The number of unbranched alkanes of at least 4 members (excludes halogenated alkanes) is 3. The molecule has 0 atom stereocenters. The van der Waals surface area contributed by atoms with Gasteiger partial charge >= 0.3 is 0 Å². The standard InChI is InChI=1S/C15H26O/c1-3-5-6-7-8-13-9-11-14(12-10-13)15(16)4-2/h4,13-14H,2-3,5-12H2,1H3. The summed E-state index contributed by atoms with van der Waals surface area (Å²) in [5.41, 5.74) is 0. The van der Waals surface area contributed by atoms with Crippen LogP contribution in [0.25, 0.3) is 0 Å². The maximum Gasteiger partial charge on any atom is 0.158 e. The van der Waals surface area contributed by atoms with Crippen molar-refractivity contribution in [2.45, 2.75) is 64.7 Å². The van der Waals surface area contributed by atoms with Crippen molar-refractivity contribution >= 4 is 5.78 Å². The first-order chi connectivity index (χ1) is 7.77. The van der Waals surface area contributed by atoms with Gasteiger partial charge in [-0.3, -0.25) is 4.79 Å². The van der Waals surface area contributed by atoms with Crippen molar-refractivity contribution in [3.05, 3.63) is 12.7 Å². The lowest BCUT2D eigenvalue weighted by molar-refractivity contribution is -0.119. The van der Waals surface area contributed by atoms with E-state index in [1.807, 2.05) is 0 Å². The number of rotatable bonds is 7. The summed E-state index contributed by atoms with van der Waals surface area (Å²) in [7, 11) is 0. The Labute approximate surface area is 100 Å². The Kier molecular flexibility index (Phi) is 6.44. The van der Waals surface area contributed by atoms with Crippen molar-refractivity contribution < 1.29 is 4.79 Å². The van der Waals surface area contributed by atoms with Crippen molar-refractivity contribution in [1.82, 2.24) is 0 Å². The number of ketones is 1. The lowest BCUT2D eigenvalue weighted by Crippen LogP contribution is -2.20. The van der Waals surface area contributed by atoms with Gasteiger partial charge in [-0.2, -0.15) is 0 Å². The molecule has 0 unspecified atom stereocenters. The molecule has 1 aliphatic carbocycles. The van der Waals surface area contributed by atoms with Gasteiger partial charge in [0.2, 0.25) is 0 Å². The Balaban J connectivity index is 2.12. The molecule has 0 aromatic carbocycles. The molecule has 0 radical (unpaired) electrons. The molecule has 0 spiro atoms. The Hall–Kier alpha value is -0.590. The van der Waals surface area contributed by atoms with Crippen molar-refractivity contribution in [3.8, 4) is 0 Å². The summed E-state index contributed by atoms with van der Waals surface area (Å²) < 4.78 is 0. The van der Waals surface area contributed by atoms with E-state index in [-0.39, 0.29) is 5.78 Å². The molecule has 1 fully saturated rings. The summed E-state index contributed by atoms with van der Waals surface area (Å²) in [4.78, 5) is 11.5. The lowest BCUT2D eigenvalue weighted by atomic mass is 9.78. The van der Waals surface area contributed by atoms with Gasteiger partial charge in [-0.1, -0.05) is 45.6 Å². The molecule has 0 aliphatic heterocycles. The molecular formula is C15H26O. The minimum absolute atomic E-state index is 0.268. The fourth-order valence-electron chi connectivity index (χ4n) is 2.76. The average Bonchev–Trinajstić information content (AvgIpc) is 2.34. The number of hydrogen-bond donors (Lipinski definition) is 0. The van der Waals surface area contributed by atoms with Crippen LogP contribution in [0.3, 0.4) is 0 Å². The highest BCUT2D eigenvalue weighted by Gasteiger charge is 2.24. The van der Waals surface area contributed by atoms with E-state index < -0.39 is 0 Å². The molecule has 0 saturated heterocycles. The molecule has 16 heavy (non-hydrogen) atoms. The second kappa shape index (κ2) is 7.65. The van der Waals surface area contributed by atoms with Crippen LogP contribution in [-0.2, 0) is 4.79 Å². The third-order valence-corrected chi connectivity index (χ3v) is 3.92. The summed E-state index contributed by atoms with van der Waals surface area (Å²) in [6, 6.07) is 0. The van der Waals surface area contributed by atoms with E-state index in [0.717, 1.165) is 18.8 Å². The van der Waals surface area contributed by atoms with Crippen LogP contribution in [0.15, 0.2) is 12.7 Å². The van der Waals surface area contributed by atoms with Gasteiger partial charge in [0.05, 0.1) is 0 Å². The van der Waals surface area contributed by atoms with Gasteiger partial charge in [0.15, 0.2) is 5.78 Å². The molecular weight excluding hydrogens is 196 g/mol. The molecule has 0 amide bonds. The molecule has 0 heterocycles. The summed E-state index contributed by atoms with van der Waals surface area (Å²) in [6.07, 6.45) is 13.1. The summed E-state index contributed by atoms with van der Waals surface area (Å²) >= 11 is 0. The topological polar surface area (TPSA) is 17.1 Å². The first-order valence-corrected chi connectivity index (χ1v) is 6.94. The fraction of sp³-hybridized carbons (Fsp3) is 0.800. The predicted octanol–water partition coefficient (Wildman–Crippen LogP) is 4.52. The van der Waals surface area contributed by atoms with E-state index >= 15 is 0 Å². The van der Waals surface area contributed by atoms with Gasteiger partial charge in [-0.05, 0) is 37.7 Å². The molecule has 1 aliphatic rings. The van der Waals surface area contributed by atoms with E-state index in [4.69, 9.17) is 0 Å². The van der Waals surface area contributed by atoms with Gasteiger partial charge < -0.3 is 0 Å². The highest BCUT2D eigenvalue weighted by Crippen LogP contribution is 2.32. The molecule has 0 aromatic heterocycles. The number of carbonyl (C=O) groups is 1. The van der Waals surface area contributed by atoms with E-state index in [0.29, 0.717) is 5.92 Å². The molecule has 1 rings (SSSR count). The summed E-state index contributed by atoms with van der Waals surface area (Å²) in [5, 5.41) is 0. The van der Waals surface area contributed by atoms with Crippen molar-refractivity contribution in [1.29, 1.82) is 0 Å². The quantitative estimate of drug-likeness (QED) is 0.457. The van der Waals surface area contributed by atoms with E-state index in [1.54, 1.807) is 0 Å². The molecule has 1 nitrogen and oxygen atoms in total. The minimum Gasteiger partial charge on any atom is -0.295 e. The highest BCUT2D eigenvalue weighted by molar-refractivity contribution is 5.91. The van der Waals surface area contributed by atoms with E-state index in [2.05, 4.69) is 13.5 Å². The second-order valence-electron chi connectivity index (χ2n) is 5.17. The van der Waals surface area contributed by atoms with Crippen LogP contribution in [0.4, 0.5) is 0 Å². The van der Waals surface area contributed by atoms with Crippen LogP contribution in [-0.4, -0.2) is 5.78 Å². The maximum absolute atomic E-state index is 11.5. The lowest BCUT2D eigenvalue weighted by Gasteiger charge is -2.26. The highest BCUT2D eigenvalue weighted by atomic mass is 16.1. The second-order valence-corrected chi connectivity index (χ2v) is 5.17. The zero-order valence-electron chi connectivity index (χ0n) is 10.7. The van der Waals surface area contributed by atoms with Gasteiger partial charge in [0.25, 0.3) is 0 Å². The monoisotopic (exact) mass is 222 g/mol. The Morgan fingerprint density at radius 3 is 2.44 bits per heavy atom. The van der Waals surface area contributed by atoms with Gasteiger partial charge in [-0.15, -0.1) is 0 Å². The van der Waals surface area contributed by atoms with Crippen LogP contribution in [0, 0.1) is 11.8 Å². The number of hydrogen-bond acceptors (Lipinski definition) is 1. The maximum atomic E-state index is 11.5. The predicted molar refractivity (Wildman–Crippen MR) is 69.4 cm³/mol. The van der Waals surface area contributed by atoms with Crippen LogP contribution in [0.2, 0.25) is 0 Å². The Morgan fingerprint density at radius 2 is 1.88 bits per heavy atom. The van der Waals surface area contributed by atoms with Crippen molar-refractivity contribution in [2.24, 2.45) is 11.8 Å². The first-order valence-electron chi connectivity index (χ1n) is 6.94. The minimum atomic E-state index is 0.268. The zero-order valence-corrected chi connectivity index (χ0v) is 10.7. The Bertz CT molecular complexity index is 211. The average molecular weight is 222 g/mol. The van der Waals surface area contributed by atoms with Crippen LogP contribution in [0.1, 0.15) is 64.7 Å². The van der Waals surface area contributed by atoms with E-state index in [1.165, 1.54) is 51.0 Å².